The van der Waals surface area contributed by atoms with Crippen LogP contribution in [0.5, 0.6) is 0 Å². The lowest BCUT2D eigenvalue weighted by molar-refractivity contribution is -0.0256. The maximum atomic E-state index is 13.7. The molecule has 1 aliphatic heterocycles. The van der Waals surface area contributed by atoms with Gasteiger partial charge in [-0.05, 0) is 44.2 Å². The number of halogens is 2. The molecule has 2 nitrogen and oxygen atoms in total. The third-order valence-electron chi connectivity index (χ3n) is 4.15. The van der Waals surface area contributed by atoms with Crippen molar-refractivity contribution < 1.29 is 13.5 Å². The second kappa shape index (κ2) is 7.32. The van der Waals surface area contributed by atoms with E-state index in [2.05, 4.69) is 19.2 Å². The van der Waals surface area contributed by atoms with Crippen LogP contribution in [0.2, 0.25) is 0 Å². The lowest BCUT2D eigenvalue weighted by atomic mass is 9.94. The van der Waals surface area contributed by atoms with Crippen molar-refractivity contribution in [3.63, 3.8) is 0 Å². The summed E-state index contributed by atoms with van der Waals surface area (Å²) in [5.74, 6) is -0.430. The number of rotatable bonds is 5. The van der Waals surface area contributed by atoms with Crippen LogP contribution < -0.4 is 5.32 Å². The van der Waals surface area contributed by atoms with E-state index in [0.29, 0.717) is 18.4 Å². The summed E-state index contributed by atoms with van der Waals surface area (Å²) in [5.41, 5.74) is 0.171. The van der Waals surface area contributed by atoms with Gasteiger partial charge in [0, 0.05) is 24.3 Å². The van der Waals surface area contributed by atoms with Gasteiger partial charge in [0.2, 0.25) is 0 Å². The molecule has 0 amide bonds. The smallest absolute Gasteiger partial charge is 0.129 e. The summed E-state index contributed by atoms with van der Waals surface area (Å²) in [5, 5.41) is 3.49. The van der Waals surface area contributed by atoms with Gasteiger partial charge >= 0.3 is 0 Å². The minimum atomic E-state index is -0.462. The Morgan fingerprint density at radius 1 is 1.24 bits per heavy atom. The van der Waals surface area contributed by atoms with E-state index in [0.717, 1.165) is 19.4 Å². The largest absolute Gasteiger partial charge is 0.378 e. The second-order valence-corrected chi connectivity index (χ2v) is 6.35. The fraction of sp³-hybridized carbons (Fsp3) is 0.647. The van der Waals surface area contributed by atoms with Gasteiger partial charge in [0.1, 0.15) is 11.6 Å². The number of nitrogens with one attached hydrogen (secondary N) is 1. The summed E-state index contributed by atoms with van der Waals surface area (Å²) in [6.45, 7) is 7.05. The van der Waals surface area contributed by atoms with E-state index in [1.54, 1.807) is 0 Å². The molecule has 0 bridgehead atoms. The number of hydrogen-bond acceptors (Lipinski definition) is 2. The molecule has 1 saturated heterocycles. The average Bonchev–Trinajstić information content (AvgIpc) is 2.43. The van der Waals surface area contributed by atoms with Crippen LogP contribution >= 0.6 is 0 Å². The van der Waals surface area contributed by atoms with E-state index in [9.17, 15) is 8.78 Å². The lowest BCUT2D eigenvalue weighted by Gasteiger charge is -2.34. The van der Waals surface area contributed by atoms with Crippen molar-refractivity contribution >= 4 is 0 Å². The molecule has 1 aromatic rings. The van der Waals surface area contributed by atoms with Gasteiger partial charge in [-0.25, -0.2) is 8.78 Å². The Kier molecular flexibility index (Phi) is 5.71. The Bertz CT molecular complexity index is 444. The molecule has 2 rings (SSSR count). The summed E-state index contributed by atoms with van der Waals surface area (Å²) in [7, 11) is 0. The van der Waals surface area contributed by atoms with Crippen molar-refractivity contribution in [1.29, 1.82) is 0 Å². The fourth-order valence-corrected chi connectivity index (χ4v) is 2.94. The standard InChI is InChI=1S/C17H25F2NO/c1-11(2)17-10-13(7-8-21-17)20-12(3)9-14-15(18)5-4-6-16(14)19/h4-6,11-13,17,20H,7-10H2,1-3H3. The fourth-order valence-electron chi connectivity index (χ4n) is 2.94. The third kappa shape index (κ3) is 4.48. The number of benzene rings is 1. The van der Waals surface area contributed by atoms with Gasteiger partial charge in [-0.3, -0.25) is 0 Å². The molecule has 0 spiro atoms. The maximum absolute atomic E-state index is 13.7. The van der Waals surface area contributed by atoms with Crippen LogP contribution in [-0.2, 0) is 11.2 Å². The van der Waals surface area contributed by atoms with E-state index in [1.807, 2.05) is 6.92 Å². The molecule has 1 aliphatic rings. The first kappa shape index (κ1) is 16.4. The van der Waals surface area contributed by atoms with Crippen molar-refractivity contribution in [2.75, 3.05) is 6.61 Å². The predicted molar refractivity (Wildman–Crippen MR) is 80.3 cm³/mol. The Balaban J connectivity index is 1.91. The molecule has 0 radical (unpaired) electrons. The first-order valence-corrected chi connectivity index (χ1v) is 7.78. The van der Waals surface area contributed by atoms with Crippen LogP contribution in [0.1, 0.15) is 39.2 Å². The minimum Gasteiger partial charge on any atom is -0.378 e. The van der Waals surface area contributed by atoms with E-state index < -0.39 is 11.6 Å². The molecule has 118 valence electrons. The molecule has 21 heavy (non-hydrogen) atoms. The highest BCUT2D eigenvalue weighted by Crippen LogP contribution is 2.21. The Labute approximate surface area is 125 Å². The Morgan fingerprint density at radius 2 is 1.90 bits per heavy atom. The Hall–Kier alpha value is -1.00. The Morgan fingerprint density at radius 3 is 2.52 bits per heavy atom. The second-order valence-electron chi connectivity index (χ2n) is 6.35. The van der Waals surface area contributed by atoms with Crippen molar-refractivity contribution in [3.8, 4) is 0 Å². The first-order chi connectivity index (χ1) is 9.97. The zero-order chi connectivity index (χ0) is 15.4. The molecule has 3 atom stereocenters. The maximum Gasteiger partial charge on any atom is 0.129 e. The van der Waals surface area contributed by atoms with Gasteiger partial charge in [-0.1, -0.05) is 19.9 Å². The molecule has 4 heteroatoms. The van der Waals surface area contributed by atoms with Crippen LogP contribution in [0.25, 0.3) is 0 Å². The normalized spacial score (nSPS) is 24.3. The topological polar surface area (TPSA) is 21.3 Å². The quantitative estimate of drug-likeness (QED) is 0.895. The minimum absolute atomic E-state index is 0.0345. The van der Waals surface area contributed by atoms with Crippen molar-refractivity contribution in [3.05, 3.63) is 35.4 Å². The third-order valence-corrected chi connectivity index (χ3v) is 4.15. The molecular weight excluding hydrogens is 272 g/mol. The van der Waals surface area contributed by atoms with E-state index in [4.69, 9.17) is 4.74 Å². The van der Waals surface area contributed by atoms with Gasteiger partial charge in [-0.2, -0.15) is 0 Å². The van der Waals surface area contributed by atoms with E-state index in [-0.39, 0.29) is 17.7 Å². The van der Waals surface area contributed by atoms with Gasteiger partial charge in [0.15, 0.2) is 0 Å². The van der Waals surface area contributed by atoms with Crippen molar-refractivity contribution in [1.82, 2.24) is 5.32 Å². The van der Waals surface area contributed by atoms with E-state index >= 15 is 0 Å². The summed E-state index contributed by atoms with van der Waals surface area (Å²) in [4.78, 5) is 0. The van der Waals surface area contributed by atoms with Gasteiger partial charge in [-0.15, -0.1) is 0 Å². The summed E-state index contributed by atoms with van der Waals surface area (Å²) in [6.07, 6.45) is 2.55. The monoisotopic (exact) mass is 297 g/mol. The average molecular weight is 297 g/mol. The predicted octanol–water partition coefficient (Wildman–Crippen LogP) is 3.69. The lowest BCUT2D eigenvalue weighted by Crippen LogP contribution is -2.45. The van der Waals surface area contributed by atoms with Crippen molar-refractivity contribution in [2.45, 2.75) is 58.2 Å². The van der Waals surface area contributed by atoms with Gasteiger partial charge < -0.3 is 10.1 Å². The van der Waals surface area contributed by atoms with Crippen LogP contribution in [0.15, 0.2) is 18.2 Å². The highest BCUT2D eigenvalue weighted by Gasteiger charge is 2.26. The molecule has 1 aromatic carbocycles. The first-order valence-electron chi connectivity index (χ1n) is 7.78. The van der Waals surface area contributed by atoms with Crippen LogP contribution in [-0.4, -0.2) is 24.8 Å². The zero-order valence-corrected chi connectivity index (χ0v) is 13.0. The molecule has 1 fully saturated rings. The molecule has 0 aliphatic carbocycles. The number of ether oxygens (including phenoxy) is 1. The number of hydrogen-bond donors (Lipinski definition) is 1. The molecule has 0 aromatic heterocycles. The molecule has 1 heterocycles. The van der Waals surface area contributed by atoms with Crippen LogP contribution in [0.4, 0.5) is 8.78 Å². The van der Waals surface area contributed by atoms with Crippen LogP contribution in [0, 0.1) is 17.6 Å². The highest BCUT2D eigenvalue weighted by atomic mass is 19.1. The summed E-state index contributed by atoms with van der Waals surface area (Å²) < 4.78 is 33.1. The van der Waals surface area contributed by atoms with Gasteiger partial charge in [0.05, 0.1) is 6.10 Å². The molecule has 3 unspecified atom stereocenters. The molecular formula is C17H25F2NO. The molecule has 0 saturated carbocycles. The SMILES string of the molecule is CC(Cc1c(F)cccc1F)NC1CCOC(C(C)C)C1. The van der Waals surface area contributed by atoms with E-state index in [1.165, 1.54) is 18.2 Å². The molecule has 1 N–H and O–H groups in total. The van der Waals surface area contributed by atoms with Gasteiger partial charge in [0.25, 0.3) is 0 Å². The summed E-state index contributed by atoms with van der Waals surface area (Å²) in [6, 6.07) is 4.42. The zero-order valence-electron chi connectivity index (χ0n) is 13.0. The van der Waals surface area contributed by atoms with Crippen LogP contribution in [0.3, 0.4) is 0 Å². The highest BCUT2D eigenvalue weighted by molar-refractivity contribution is 5.20. The van der Waals surface area contributed by atoms with Crippen molar-refractivity contribution in [2.24, 2.45) is 5.92 Å². The summed E-state index contributed by atoms with van der Waals surface area (Å²) >= 11 is 0.